The second kappa shape index (κ2) is 14.4. The Labute approximate surface area is 320 Å². The van der Waals surface area contributed by atoms with Crippen molar-refractivity contribution >= 4 is 22.6 Å². The van der Waals surface area contributed by atoms with Crippen molar-refractivity contribution in [3.63, 3.8) is 0 Å². The van der Waals surface area contributed by atoms with Crippen LogP contribution in [0.15, 0.2) is 47.1 Å². The molecule has 0 aliphatic heterocycles. The zero-order valence-corrected chi connectivity index (χ0v) is 37.2. The predicted molar refractivity (Wildman–Crippen MR) is 219 cm³/mol. The van der Waals surface area contributed by atoms with E-state index >= 15 is 0 Å². The average Bonchev–Trinajstić information content (AvgIpc) is 3.37. The molecule has 6 saturated carbocycles. The average molecular weight is 751 g/mol. The predicted octanol–water partition coefficient (Wildman–Crippen LogP) is 12.2. The first-order valence-corrected chi connectivity index (χ1v) is 26.9. The largest absolute Gasteiger partial charge is 0.460 e. The van der Waals surface area contributed by atoms with E-state index in [9.17, 15) is 4.79 Å². The van der Waals surface area contributed by atoms with E-state index in [1.165, 1.54) is 44.9 Å². The minimum absolute atomic E-state index is 0.0296. The van der Waals surface area contributed by atoms with Gasteiger partial charge in [0.05, 0.1) is 6.10 Å². The molecule has 7 aliphatic carbocycles. The molecule has 0 spiro atoms. The molecule has 0 aromatic heterocycles. The van der Waals surface area contributed by atoms with Gasteiger partial charge in [-0.2, -0.15) is 0 Å². The Morgan fingerprint density at radius 2 is 1.56 bits per heavy atom. The van der Waals surface area contributed by atoms with Crippen molar-refractivity contribution in [2.75, 3.05) is 6.61 Å². The lowest BCUT2D eigenvalue weighted by molar-refractivity contribution is -0.221. The van der Waals surface area contributed by atoms with Crippen LogP contribution in [-0.2, 0) is 23.1 Å². The topological polar surface area (TPSA) is 54.0 Å². The Hall–Kier alpha value is -1.26. The van der Waals surface area contributed by atoms with Gasteiger partial charge in [0.1, 0.15) is 12.7 Å². The van der Waals surface area contributed by atoms with Crippen LogP contribution < -0.4 is 0 Å². The summed E-state index contributed by atoms with van der Waals surface area (Å²) in [4.78, 5) is 13.8. The molecule has 0 N–H and O–H groups in total. The molecule has 5 nitrogen and oxygen atoms in total. The lowest BCUT2D eigenvalue weighted by Gasteiger charge is -2.53. The van der Waals surface area contributed by atoms with Crippen molar-refractivity contribution in [3.8, 4) is 0 Å². The number of hydrogen-bond donors (Lipinski definition) is 0. The van der Waals surface area contributed by atoms with Gasteiger partial charge in [0.15, 0.2) is 22.4 Å². The minimum atomic E-state index is -2.37. The maximum Gasteiger partial charge on any atom is 0.332 e. The maximum absolute atomic E-state index is 13.8. The summed E-state index contributed by atoms with van der Waals surface area (Å²) in [5.41, 5.74) is 5.62. The molecule has 0 heterocycles. The van der Waals surface area contributed by atoms with Gasteiger partial charge in [-0.1, -0.05) is 91.3 Å². The smallest absolute Gasteiger partial charge is 0.332 e. The van der Waals surface area contributed by atoms with Crippen LogP contribution in [0.3, 0.4) is 0 Å². The van der Waals surface area contributed by atoms with Gasteiger partial charge < -0.3 is 18.3 Å². The van der Waals surface area contributed by atoms with E-state index in [4.69, 9.17) is 24.9 Å². The third-order valence-corrected chi connectivity index (χ3v) is 24.7. The van der Waals surface area contributed by atoms with Gasteiger partial charge in [-0.15, -0.1) is 0 Å². The highest BCUT2D eigenvalue weighted by Gasteiger charge is 2.53. The van der Waals surface area contributed by atoms with E-state index in [2.05, 4.69) is 99.8 Å². The van der Waals surface area contributed by atoms with E-state index in [0.717, 1.165) is 42.2 Å². The van der Waals surface area contributed by atoms with Crippen molar-refractivity contribution in [1.82, 2.24) is 0 Å². The number of esters is 1. The van der Waals surface area contributed by atoms with Crippen LogP contribution in [0, 0.1) is 35.0 Å². The van der Waals surface area contributed by atoms with Gasteiger partial charge in [-0.25, -0.2) is 4.79 Å². The first-order chi connectivity index (χ1) is 24.1. The maximum atomic E-state index is 13.8. The van der Waals surface area contributed by atoms with Gasteiger partial charge in [-0.3, -0.25) is 0 Å². The number of fused-ring (bicyclic) bond motifs is 1. The molecule has 292 valence electrons. The Balaban J connectivity index is 1.32. The molecule has 52 heavy (non-hydrogen) atoms. The van der Waals surface area contributed by atoms with Crippen LogP contribution in [0.4, 0.5) is 0 Å². The number of hydrogen-bond acceptors (Lipinski definition) is 5. The number of ether oxygens (including phenoxy) is 2. The molecule has 4 atom stereocenters. The molecule has 0 aromatic rings. The molecule has 0 saturated heterocycles. The number of rotatable bonds is 10. The fourth-order valence-electron chi connectivity index (χ4n) is 10.8. The zero-order chi connectivity index (χ0) is 38.1. The normalized spacial score (nSPS) is 38.2. The Morgan fingerprint density at radius 3 is 2.13 bits per heavy atom. The Bertz CT molecular complexity index is 1440. The Morgan fingerprint density at radius 1 is 0.942 bits per heavy atom. The fraction of sp³-hybridized carbons (Fsp3) is 0.800. The summed E-state index contributed by atoms with van der Waals surface area (Å²) in [6.45, 7) is 32.4. The molecule has 7 aliphatic rings. The molecule has 0 radical (unpaired) electrons. The second-order valence-corrected chi connectivity index (χ2v) is 30.8. The highest BCUT2D eigenvalue weighted by atomic mass is 28.4. The van der Waals surface area contributed by atoms with Gasteiger partial charge >= 0.3 is 5.97 Å². The molecule has 7 rings (SSSR count). The summed E-state index contributed by atoms with van der Waals surface area (Å²) in [7, 11) is -4.58. The minimum Gasteiger partial charge on any atom is -0.460 e. The summed E-state index contributed by atoms with van der Waals surface area (Å²) in [5.74, 6) is 2.02. The monoisotopic (exact) mass is 751 g/mol. The molecule has 0 aromatic carbocycles. The van der Waals surface area contributed by atoms with Crippen LogP contribution in [0.1, 0.15) is 132 Å². The van der Waals surface area contributed by atoms with Crippen molar-refractivity contribution < 1.29 is 23.1 Å². The lowest BCUT2D eigenvalue weighted by Crippen LogP contribution is -2.56. The summed E-state index contributed by atoms with van der Waals surface area (Å²) in [5, 5.41) is -0.0127. The van der Waals surface area contributed by atoms with Crippen molar-refractivity contribution in [3.05, 3.63) is 47.1 Å². The van der Waals surface area contributed by atoms with Crippen LogP contribution in [0.2, 0.25) is 36.3 Å². The van der Waals surface area contributed by atoms with Crippen LogP contribution in [-0.4, -0.2) is 47.2 Å². The van der Waals surface area contributed by atoms with E-state index in [-0.39, 0.29) is 40.3 Å². The van der Waals surface area contributed by atoms with Gasteiger partial charge in [0.25, 0.3) is 0 Å². The molecule has 0 unspecified atom stereocenters. The third-order valence-electron chi connectivity index (χ3n) is 15.7. The van der Waals surface area contributed by atoms with Crippen molar-refractivity contribution in [1.29, 1.82) is 0 Å². The fourth-order valence-corrected chi connectivity index (χ4v) is 13.6. The summed E-state index contributed by atoms with van der Waals surface area (Å²) < 4.78 is 28.0. The third kappa shape index (κ3) is 7.88. The van der Waals surface area contributed by atoms with E-state index < -0.39 is 22.4 Å². The zero-order valence-electron chi connectivity index (χ0n) is 35.2. The molecular formula is C45H74O5Si2. The Kier molecular flexibility index (Phi) is 11.2. The summed E-state index contributed by atoms with van der Waals surface area (Å²) in [6, 6.07) is 0. The molecule has 4 bridgehead atoms. The van der Waals surface area contributed by atoms with E-state index in [1.54, 1.807) is 11.1 Å². The molecule has 6 fully saturated rings. The quantitative estimate of drug-likeness (QED) is 0.0963. The lowest BCUT2D eigenvalue weighted by atomic mass is 9.55. The van der Waals surface area contributed by atoms with Crippen molar-refractivity contribution in [2.24, 2.45) is 35.0 Å². The van der Waals surface area contributed by atoms with Gasteiger partial charge in [0, 0.05) is 12.8 Å². The second-order valence-electron chi connectivity index (χ2n) is 21.3. The van der Waals surface area contributed by atoms with Crippen LogP contribution in [0.5, 0.6) is 0 Å². The molecular weight excluding hydrogens is 677 g/mol. The van der Waals surface area contributed by atoms with E-state index in [0.29, 0.717) is 30.6 Å². The van der Waals surface area contributed by atoms with Crippen LogP contribution >= 0.6 is 0 Å². The van der Waals surface area contributed by atoms with Gasteiger partial charge in [-0.05, 0) is 147 Å². The van der Waals surface area contributed by atoms with E-state index in [1.807, 2.05) is 0 Å². The molecule has 7 heteroatoms. The summed E-state index contributed by atoms with van der Waals surface area (Å²) in [6.07, 6.45) is 20.3. The SMILES string of the molecule is C=C1C(=CC=C2CCC[C@]3(C)C(CC)=CC[C@@H]23)C[C@@](OCC(=O)OC2C3CC4CC(C3)CC2C4)(O[Si](C)(C)C(C)(C)C)C[C@@H]1O[Si](C)(C)C(C)(C)C. The number of carbonyl (C=O) groups excluding carboxylic acids is 1. The van der Waals surface area contributed by atoms with Crippen molar-refractivity contribution in [2.45, 2.75) is 187 Å². The standard InChI is InChI=1S/C45H74O5Si2/c1-14-37-19-20-38-33(16-15-21-44(37,38)9)17-18-34-27-45(50-52(12,13)43(6,7)8,28-39(30(34)2)49-51(10,11)42(3,4)5)47-29-40(46)48-41-35-23-31-22-32(25-35)26-36(41)24-31/h17-19,31-32,35-36,38-39,41H,2,14-16,20-29H2,1,3-13H3/t31?,32?,35?,36?,38-,39-,41?,44+,45+/m0/s1. The number of carbonyl (C=O) groups is 1. The summed E-state index contributed by atoms with van der Waals surface area (Å²) >= 11 is 0. The highest BCUT2D eigenvalue weighted by Crippen LogP contribution is 2.57. The van der Waals surface area contributed by atoms with Crippen LogP contribution in [0.25, 0.3) is 0 Å². The highest BCUT2D eigenvalue weighted by molar-refractivity contribution is 6.74. The first kappa shape index (κ1) is 40.4. The molecule has 0 amide bonds. The number of allylic oxidation sites excluding steroid dienone is 5. The van der Waals surface area contributed by atoms with Gasteiger partial charge in [0.2, 0.25) is 0 Å². The first-order valence-electron chi connectivity index (χ1n) is 21.1.